The Balaban J connectivity index is 2.17. The van der Waals surface area contributed by atoms with Crippen molar-refractivity contribution in [1.29, 1.82) is 0 Å². The van der Waals surface area contributed by atoms with E-state index in [2.05, 4.69) is 18.0 Å². The van der Waals surface area contributed by atoms with E-state index in [0.717, 1.165) is 27.5 Å². The van der Waals surface area contributed by atoms with E-state index in [1.165, 1.54) is 0 Å². The van der Waals surface area contributed by atoms with E-state index in [4.69, 9.17) is 17.3 Å². The van der Waals surface area contributed by atoms with Gasteiger partial charge in [-0.15, -0.1) is 0 Å². The van der Waals surface area contributed by atoms with E-state index in [0.29, 0.717) is 5.02 Å². The van der Waals surface area contributed by atoms with Crippen LogP contribution >= 0.6 is 11.6 Å². The molecule has 3 aromatic rings. The highest BCUT2D eigenvalue weighted by Crippen LogP contribution is 2.29. The normalized spacial score (nSPS) is 12.6. The monoisotopic (exact) mass is 282 g/mol. The minimum Gasteiger partial charge on any atom is -0.320 e. The van der Waals surface area contributed by atoms with Gasteiger partial charge in [0.2, 0.25) is 0 Å². The van der Waals surface area contributed by atoms with Crippen LogP contribution in [0.5, 0.6) is 0 Å². The molecule has 0 bridgehead atoms. The molecule has 0 aliphatic heterocycles. The third-order valence-electron chi connectivity index (χ3n) is 3.63. The smallest absolute Gasteiger partial charge is 0.0560 e. The predicted octanol–water partition coefficient (Wildman–Crippen LogP) is 4.24. The third kappa shape index (κ3) is 2.28. The van der Waals surface area contributed by atoms with E-state index in [1.807, 2.05) is 42.6 Å². The Morgan fingerprint density at radius 2 is 1.95 bits per heavy atom. The lowest BCUT2D eigenvalue weighted by atomic mass is 9.92. The average molecular weight is 283 g/mol. The minimum absolute atomic E-state index is 0.195. The highest BCUT2D eigenvalue weighted by Gasteiger charge is 2.14. The fourth-order valence-corrected chi connectivity index (χ4v) is 2.71. The third-order valence-corrected chi connectivity index (χ3v) is 3.86. The first-order valence-corrected chi connectivity index (χ1v) is 6.89. The van der Waals surface area contributed by atoms with Crippen molar-refractivity contribution in [2.24, 2.45) is 5.73 Å². The molecule has 100 valence electrons. The molecule has 1 unspecified atom stereocenters. The van der Waals surface area contributed by atoms with E-state index in [-0.39, 0.29) is 6.04 Å². The van der Waals surface area contributed by atoms with Gasteiger partial charge in [-0.05, 0) is 47.2 Å². The van der Waals surface area contributed by atoms with Crippen LogP contribution in [0.25, 0.3) is 10.8 Å². The number of rotatable bonds is 2. The molecule has 2 N–H and O–H groups in total. The Kier molecular flexibility index (Phi) is 3.43. The second kappa shape index (κ2) is 5.23. The molecule has 20 heavy (non-hydrogen) atoms. The molecule has 0 aliphatic carbocycles. The molecule has 0 saturated heterocycles. The van der Waals surface area contributed by atoms with Crippen LogP contribution in [0.1, 0.15) is 22.7 Å². The van der Waals surface area contributed by atoms with Gasteiger partial charge >= 0.3 is 0 Å². The molecule has 1 atom stereocenters. The summed E-state index contributed by atoms with van der Waals surface area (Å²) >= 11 is 6.10. The molecule has 0 amide bonds. The van der Waals surface area contributed by atoms with Gasteiger partial charge in [-0.2, -0.15) is 0 Å². The lowest BCUT2D eigenvalue weighted by Crippen LogP contribution is -2.13. The van der Waals surface area contributed by atoms with Crippen LogP contribution in [0.15, 0.2) is 54.9 Å². The largest absolute Gasteiger partial charge is 0.320 e. The highest BCUT2D eigenvalue weighted by atomic mass is 35.5. The summed E-state index contributed by atoms with van der Waals surface area (Å²) < 4.78 is 0. The van der Waals surface area contributed by atoms with Crippen LogP contribution in [0.2, 0.25) is 5.02 Å². The zero-order valence-electron chi connectivity index (χ0n) is 11.2. The molecule has 0 saturated carbocycles. The summed E-state index contributed by atoms with van der Waals surface area (Å²) in [6.07, 6.45) is 3.65. The first-order chi connectivity index (χ1) is 9.66. The van der Waals surface area contributed by atoms with Crippen LogP contribution in [-0.2, 0) is 0 Å². The van der Waals surface area contributed by atoms with Gasteiger partial charge in [0.1, 0.15) is 0 Å². The van der Waals surface area contributed by atoms with Crippen molar-refractivity contribution in [3.8, 4) is 0 Å². The van der Waals surface area contributed by atoms with Gasteiger partial charge < -0.3 is 5.73 Å². The summed E-state index contributed by atoms with van der Waals surface area (Å²) in [5.41, 5.74) is 9.77. The van der Waals surface area contributed by atoms with E-state index >= 15 is 0 Å². The first-order valence-electron chi connectivity index (χ1n) is 6.51. The Hall–Kier alpha value is -1.90. The van der Waals surface area contributed by atoms with Crippen molar-refractivity contribution in [3.05, 3.63) is 76.6 Å². The average Bonchev–Trinajstić information content (AvgIpc) is 2.48. The molecule has 0 radical (unpaired) electrons. The number of aromatic nitrogens is 1. The van der Waals surface area contributed by atoms with Crippen molar-refractivity contribution >= 4 is 22.4 Å². The molecule has 3 rings (SSSR count). The van der Waals surface area contributed by atoms with Crippen molar-refractivity contribution in [1.82, 2.24) is 4.98 Å². The summed E-state index contributed by atoms with van der Waals surface area (Å²) in [5, 5.41) is 2.94. The maximum atomic E-state index is 6.47. The SMILES string of the molecule is Cc1ccc(Cl)cc1C(N)c1cccc2cnccc12. The van der Waals surface area contributed by atoms with E-state index < -0.39 is 0 Å². The molecule has 1 heterocycles. The molecule has 2 aromatic carbocycles. The maximum absolute atomic E-state index is 6.47. The van der Waals surface area contributed by atoms with Crippen LogP contribution in [-0.4, -0.2) is 4.98 Å². The second-order valence-electron chi connectivity index (χ2n) is 4.92. The quantitative estimate of drug-likeness (QED) is 0.763. The summed E-state index contributed by atoms with van der Waals surface area (Å²) in [4.78, 5) is 4.16. The Morgan fingerprint density at radius 3 is 2.80 bits per heavy atom. The van der Waals surface area contributed by atoms with Crippen molar-refractivity contribution < 1.29 is 0 Å². The first kappa shape index (κ1) is 13.1. The highest BCUT2D eigenvalue weighted by molar-refractivity contribution is 6.30. The number of halogens is 1. The number of nitrogens with zero attached hydrogens (tertiary/aromatic N) is 1. The van der Waals surface area contributed by atoms with E-state index in [9.17, 15) is 0 Å². The van der Waals surface area contributed by atoms with Gasteiger partial charge in [0.05, 0.1) is 6.04 Å². The fraction of sp³-hybridized carbons (Fsp3) is 0.118. The van der Waals surface area contributed by atoms with Gasteiger partial charge in [-0.1, -0.05) is 35.9 Å². The molecule has 1 aromatic heterocycles. The molecular weight excluding hydrogens is 268 g/mol. The molecule has 2 nitrogen and oxygen atoms in total. The van der Waals surface area contributed by atoms with Gasteiger partial charge in [-0.25, -0.2) is 0 Å². The number of fused-ring (bicyclic) bond motifs is 1. The number of hydrogen-bond donors (Lipinski definition) is 1. The number of benzene rings is 2. The summed E-state index contributed by atoms with van der Waals surface area (Å²) in [5.74, 6) is 0. The standard InChI is InChI=1S/C17H15ClN2/c1-11-5-6-13(18)9-16(11)17(19)15-4-2-3-12-10-20-8-7-14(12)15/h2-10,17H,19H2,1H3. The lowest BCUT2D eigenvalue weighted by molar-refractivity contribution is 0.870. The zero-order chi connectivity index (χ0) is 14.1. The summed E-state index contributed by atoms with van der Waals surface area (Å²) in [7, 11) is 0. The second-order valence-corrected chi connectivity index (χ2v) is 5.36. The zero-order valence-corrected chi connectivity index (χ0v) is 11.9. The summed E-state index contributed by atoms with van der Waals surface area (Å²) in [6.45, 7) is 2.05. The Morgan fingerprint density at radius 1 is 1.10 bits per heavy atom. The maximum Gasteiger partial charge on any atom is 0.0560 e. The number of aryl methyl sites for hydroxylation is 1. The van der Waals surface area contributed by atoms with Crippen molar-refractivity contribution in [2.45, 2.75) is 13.0 Å². The molecule has 0 spiro atoms. The molecule has 0 aliphatic rings. The number of pyridine rings is 1. The van der Waals surface area contributed by atoms with Gasteiger partial charge in [0, 0.05) is 22.8 Å². The molecule has 3 heteroatoms. The Labute approximate surface area is 123 Å². The molecule has 0 fully saturated rings. The number of hydrogen-bond acceptors (Lipinski definition) is 2. The van der Waals surface area contributed by atoms with Gasteiger partial charge in [0.15, 0.2) is 0 Å². The van der Waals surface area contributed by atoms with E-state index in [1.54, 1.807) is 6.20 Å². The van der Waals surface area contributed by atoms with Crippen LogP contribution in [0.4, 0.5) is 0 Å². The summed E-state index contributed by atoms with van der Waals surface area (Å²) in [6, 6.07) is 13.8. The van der Waals surface area contributed by atoms with Gasteiger partial charge in [-0.3, -0.25) is 4.98 Å². The number of nitrogens with two attached hydrogens (primary N) is 1. The predicted molar refractivity (Wildman–Crippen MR) is 84.0 cm³/mol. The lowest BCUT2D eigenvalue weighted by Gasteiger charge is -2.17. The topological polar surface area (TPSA) is 38.9 Å². The fourth-order valence-electron chi connectivity index (χ4n) is 2.53. The van der Waals surface area contributed by atoms with Gasteiger partial charge in [0.25, 0.3) is 0 Å². The van der Waals surface area contributed by atoms with Crippen molar-refractivity contribution in [2.75, 3.05) is 0 Å². The Bertz CT molecular complexity index is 763. The molecular formula is C17H15ClN2. The van der Waals surface area contributed by atoms with Crippen LogP contribution in [0.3, 0.4) is 0 Å². The van der Waals surface area contributed by atoms with Crippen molar-refractivity contribution in [3.63, 3.8) is 0 Å². The minimum atomic E-state index is -0.195. The van der Waals surface area contributed by atoms with Crippen LogP contribution < -0.4 is 5.73 Å². The van der Waals surface area contributed by atoms with Crippen LogP contribution in [0, 0.1) is 6.92 Å².